The van der Waals surface area contributed by atoms with Gasteiger partial charge in [0.1, 0.15) is 59.2 Å². The Morgan fingerprint density at radius 3 is 0.978 bits per heavy atom. The van der Waals surface area contributed by atoms with E-state index in [0.717, 1.165) is 0 Å². The van der Waals surface area contributed by atoms with Gasteiger partial charge in [-0.2, -0.15) is 4.98 Å². The minimum absolute atomic E-state index is 0.0608. The summed E-state index contributed by atoms with van der Waals surface area (Å²) in [6.45, 7) is 45.4. The lowest BCUT2D eigenvalue weighted by atomic mass is 9.82. The summed E-state index contributed by atoms with van der Waals surface area (Å²) in [5, 5.41) is 18.2. The van der Waals surface area contributed by atoms with Crippen molar-refractivity contribution in [3.05, 3.63) is 49.0 Å². The van der Waals surface area contributed by atoms with Gasteiger partial charge in [0.25, 0.3) is 51.0 Å². The van der Waals surface area contributed by atoms with Gasteiger partial charge in [-0.1, -0.05) is 27.4 Å². The minimum atomic E-state index is -3.71. The summed E-state index contributed by atoms with van der Waals surface area (Å²) in [5.74, 6) is -3.19. The lowest BCUT2D eigenvalue weighted by molar-refractivity contribution is -0.149. The quantitative estimate of drug-likeness (QED) is 0.0116. The van der Waals surface area contributed by atoms with Gasteiger partial charge < -0.3 is 90.5 Å². The third-order valence-corrected chi connectivity index (χ3v) is 29.8. The van der Waals surface area contributed by atoms with Gasteiger partial charge in [0.15, 0.2) is 59.8 Å². The van der Waals surface area contributed by atoms with Gasteiger partial charge in [-0.05, 0) is 138 Å². The second kappa shape index (κ2) is 48.5. The van der Waals surface area contributed by atoms with Crippen molar-refractivity contribution in [1.82, 2.24) is 79.8 Å². The Bertz CT molecular complexity index is 5200. The number of carbonyl (C=O) groups excluding carboxylic acids is 7. The number of hydrogen-bond donors (Lipinski definition) is 8. The third-order valence-electron chi connectivity index (χ3n) is 20.9. The van der Waals surface area contributed by atoms with E-state index in [0.29, 0.717) is 11.6 Å². The van der Waals surface area contributed by atoms with Crippen molar-refractivity contribution in [1.29, 1.82) is 0 Å². The molecule has 8 rings (SSSR count). The molecule has 0 saturated carbocycles. The van der Waals surface area contributed by atoms with Crippen LogP contribution in [0.3, 0.4) is 0 Å². The maximum absolute atomic E-state index is 16.7. The number of alkyl halides is 3. The van der Waals surface area contributed by atoms with E-state index < -0.39 is 234 Å². The van der Waals surface area contributed by atoms with Gasteiger partial charge in [-0.25, -0.2) is 68.6 Å². The number of nitrogens with two attached hydrogens (primary N) is 1. The number of aromatic nitrogens is 8. The van der Waals surface area contributed by atoms with Crippen molar-refractivity contribution < 1.29 is 149 Å². The number of carbonyl (C=O) groups is 7. The van der Waals surface area contributed by atoms with Crippen LogP contribution in [0.2, 0.25) is 0 Å². The molecule has 8 heterocycles. The summed E-state index contributed by atoms with van der Waals surface area (Å²) < 4.78 is 221. The predicted octanol–water partition coefficient (Wildman–Crippen LogP) is 10.4. The standard InChI is InChI=1S/C28H47FN6O10P2.C27H46FN7O9P2.C26H45FN4O10P2/c1-15(2)43-26(36)17(5)33-46(10,38)41-12-20-28(8,13-42-47(11,39)34-18(6)27(37)44-16(3)4)22(29)25(45-20)35-14-30-21-23(35)31-19(7)32-24(21)40-9;1-14(2)42-25(36)16(5)33-45(9,38)40-11-19-27(8,12-41-46(10,39)34-17(6)26(37)43-15(3)4)21(28)24(44-19)35-13-30-20-22(29)31-18(7)32-23(20)35;1-15(2)39-24(33)17(5)29-42(9,35)37-13-20-26(8,14-38-43(10,36)30-18(6)25(34)40-16(3)4)22(27)23(41-20)31-12-11-21(32)28-19(31)7/h14-18,20,22,25H,12-13H2,1-11H3,(H,33,38)(H,34,39);13-17,19,21,24H,11-12H2,1-10H3,(H,33,38)(H,34,39)(H2,29,31,32);11-12,15-18,20,22-23H,7,13-14H2,1-6,8-10H3,(H,28,32)(H,29,35)(H,30,36)/t17-,18-,20+,22-,25+,28?,46?,47?;16-,17-,19+,21-,24+,27?,45?,46?;17-,18-,20+,22+,23+,26?,42?,43?/m000/s1. The zero-order valence-electron chi connectivity index (χ0n) is 82.6. The second-order valence-corrected chi connectivity index (χ2v) is 49.6. The maximum atomic E-state index is 16.7. The van der Waals surface area contributed by atoms with E-state index in [-0.39, 0.29) is 76.5 Å². The van der Waals surface area contributed by atoms with E-state index in [1.165, 1.54) is 148 Å². The number of aryl methyl sites for hydroxylation is 2. The highest BCUT2D eigenvalue weighted by atomic mass is 31.2. The summed E-state index contributed by atoms with van der Waals surface area (Å²) in [4.78, 5) is 112. The molecule has 0 aromatic carbocycles. The molecule has 24 atom stereocenters. The molecule has 4 aliphatic heterocycles. The average Bonchev–Trinajstić information content (AvgIpc) is 1.63. The van der Waals surface area contributed by atoms with E-state index in [2.05, 4.69) is 72.3 Å². The van der Waals surface area contributed by atoms with Gasteiger partial charge in [-0.3, -0.25) is 70.1 Å². The van der Waals surface area contributed by atoms with Gasteiger partial charge in [-0.15, -0.1) is 0 Å². The van der Waals surface area contributed by atoms with Crippen LogP contribution in [-0.2, 0) is 131 Å². The number of rotatable bonds is 46. The third kappa shape index (κ3) is 33.0. The van der Waals surface area contributed by atoms with E-state index in [4.69, 9.17) is 80.2 Å². The van der Waals surface area contributed by atoms with Gasteiger partial charge in [0, 0.05) is 52.3 Å². The summed E-state index contributed by atoms with van der Waals surface area (Å²) in [6.07, 6.45) is -9.98. The highest BCUT2D eigenvalue weighted by Crippen LogP contribution is 2.56. The molecule has 0 bridgehead atoms. The van der Waals surface area contributed by atoms with Crippen LogP contribution in [0.25, 0.3) is 22.3 Å². The van der Waals surface area contributed by atoms with E-state index in [9.17, 15) is 61.0 Å². The zero-order chi connectivity index (χ0) is 103. The Kier molecular flexibility index (Phi) is 42.0. The molecule has 1 amide bonds. The van der Waals surface area contributed by atoms with Gasteiger partial charge in [0.05, 0.1) is 131 Å². The number of halogens is 3. The van der Waals surface area contributed by atoms with Crippen LogP contribution in [0.5, 0.6) is 5.88 Å². The smallest absolute Gasteiger partial charge is 0.323 e. The fraction of sp³-hybridized carbons (Fsp3) is 0.741. The van der Waals surface area contributed by atoms with Gasteiger partial charge >= 0.3 is 35.8 Å². The molecular formula is C81H138F3N17O29P6. The van der Waals surface area contributed by atoms with Crippen LogP contribution < -0.4 is 46.3 Å². The predicted molar refractivity (Wildman–Crippen MR) is 495 cm³/mol. The molecule has 3 saturated heterocycles. The number of fused-ring (bicyclic) bond motifs is 2. The first-order chi connectivity index (χ1) is 62.5. The summed E-state index contributed by atoms with van der Waals surface area (Å²) in [6, 6.07) is -5.84. The fourth-order valence-electron chi connectivity index (χ4n) is 13.9. The number of amides is 1. The lowest BCUT2D eigenvalue weighted by Gasteiger charge is -2.34. The minimum Gasteiger partial charge on any atom is -0.479 e. The van der Waals surface area contributed by atoms with Crippen molar-refractivity contribution in [2.24, 2.45) is 16.2 Å². The molecule has 0 radical (unpaired) electrons. The van der Waals surface area contributed by atoms with Crippen molar-refractivity contribution in [3.8, 4) is 5.88 Å². The van der Waals surface area contributed by atoms with Crippen LogP contribution in [0.1, 0.15) is 170 Å². The highest BCUT2D eigenvalue weighted by Gasteiger charge is 2.61. The SMILES string of the molecule is C=C1NC(=O)C=CN1[C@@H]1O[C@H](COP(C)(=O)N[C@@H](C)C(=O)OC(C)C)C(C)(COP(C)(=O)N[C@@H](C)C(=O)OC(C)C)[C@@H]1F.COc1nc(C)nc2c1ncn2[C@@H]1O[C@H](COP(C)(=O)N[C@@H](C)C(=O)OC(C)C)C(C)(COP(C)(=O)N[C@@H](C)C(=O)OC(C)C)[C@H]1F.Cc1nc(N)c2ncn([C@@H]3O[C@H](COP(C)(=O)N[C@@H](C)C(=O)OC(C)C)C(C)(COP(C)(=O)N[C@@H](C)C(=O)OC(C)C)[C@H]3F)c2n1. The average molecular weight is 2060 g/mol. The molecule has 0 aliphatic carbocycles. The Balaban J connectivity index is 0.000000314. The molecule has 3 fully saturated rings. The molecule has 46 nitrogen and oxygen atoms in total. The van der Waals surface area contributed by atoms with Crippen molar-refractivity contribution >= 4 is 115 Å². The number of nitrogens with one attached hydrogen (secondary N) is 7. The molecule has 0 spiro atoms. The molecule has 4 aromatic rings. The van der Waals surface area contributed by atoms with Crippen molar-refractivity contribution in [2.45, 2.75) is 288 Å². The largest absolute Gasteiger partial charge is 0.479 e. The second-order valence-electron chi connectivity index (χ2n) is 36.3. The molecule has 4 aliphatic rings. The number of ether oxygens (including phenoxy) is 10. The monoisotopic (exact) mass is 2060 g/mol. The number of esters is 6. The topological polar surface area (TPSA) is 570 Å². The number of methoxy groups -OCH3 is 1. The van der Waals surface area contributed by atoms with E-state index >= 15 is 13.2 Å². The first kappa shape index (κ1) is 118. The van der Waals surface area contributed by atoms with Crippen LogP contribution in [0, 0.1) is 30.1 Å². The molecule has 55 heteroatoms. The molecular weight excluding hydrogens is 1920 g/mol. The molecule has 4 aromatic heterocycles. The zero-order valence-corrected chi connectivity index (χ0v) is 88.0. The van der Waals surface area contributed by atoms with Crippen LogP contribution in [-0.4, -0.2) is 288 Å². The maximum Gasteiger partial charge on any atom is 0.323 e. The summed E-state index contributed by atoms with van der Waals surface area (Å²) >= 11 is 0. The lowest BCUT2D eigenvalue weighted by Crippen LogP contribution is -2.47. The van der Waals surface area contributed by atoms with E-state index in [1.807, 2.05) is 0 Å². The van der Waals surface area contributed by atoms with Crippen LogP contribution >= 0.6 is 45.1 Å². The number of nitrogens with zero attached hydrogens (tertiary/aromatic N) is 9. The normalized spacial score (nSPS) is 26.4. The molecule has 772 valence electrons. The summed E-state index contributed by atoms with van der Waals surface area (Å²) in [5.41, 5.74) is 2.35. The van der Waals surface area contributed by atoms with Gasteiger partial charge in [0.2, 0.25) is 5.88 Å². The van der Waals surface area contributed by atoms with E-state index in [1.54, 1.807) is 96.9 Å². The van der Waals surface area contributed by atoms with Crippen molar-refractivity contribution in [2.75, 3.05) is 92.5 Å². The number of imidazole rings is 2. The number of nitrogen functional groups attached to an aromatic ring is 1. The molecule has 9 N–H and O–H groups in total. The first-order valence-electron chi connectivity index (χ1n) is 43.8. The number of hydrogen-bond acceptors (Lipinski definition) is 37. The Hall–Kier alpha value is -7.16. The summed E-state index contributed by atoms with van der Waals surface area (Å²) in [7, 11) is -20.7. The Morgan fingerprint density at radius 1 is 0.441 bits per heavy atom. The first-order valence-corrected chi connectivity index (χ1v) is 56.2. The Labute approximate surface area is 791 Å². The highest BCUT2D eigenvalue weighted by molar-refractivity contribution is 7.57. The Morgan fingerprint density at radius 2 is 0.699 bits per heavy atom. The van der Waals surface area contributed by atoms with Crippen LogP contribution in [0.15, 0.2) is 37.3 Å². The van der Waals surface area contributed by atoms with Crippen molar-refractivity contribution in [3.63, 3.8) is 0 Å². The molecule has 9 unspecified atom stereocenters. The van der Waals surface area contributed by atoms with Crippen LogP contribution in [0.4, 0.5) is 19.0 Å². The number of anilines is 1. The fourth-order valence-corrected chi connectivity index (χ4v) is 22.0. The molecule has 136 heavy (non-hydrogen) atoms.